The lowest BCUT2D eigenvalue weighted by molar-refractivity contribution is -0.132. The molecule has 1 spiro atoms. The van der Waals surface area contributed by atoms with Gasteiger partial charge in [0.05, 0.1) is 6.54 Å². The number of carbonyl (C=O) groups excluding carboxylic acids is 2. The van der Waals surface area contributed by atoms with E-state index >= 15 is 0 Å². The maximum absolute atomic E-state index is 12.4. The highest BCUT2D eigenvalue weighted by atomic mass is 32.1. The van der Waals surface area contributed by atoms with E-state index in [1.54, 1.807) is 11.3 Å². The Morgan fingerprint density at radius 2 is 2.08 bits per heavy atom. The van der Waals surface area contributed by atoms with Crippen molar-refractivity contribution in [1.82, 2.24) is 10.2 Å². The molecule has 1 N–H and O–H groups in total. The molecule has 0 bridgehead atoms. The summed E-state index contributed by atoms with van der Waals surface area (Å²) in [7, 11) is 0. The standard InChI is InChI=1S/C20H22N2O3S/c23-18(13-25-15-5-2-1-3-6-15)22-9-8-20(14-22)11-17(20)19(24)21-12-16-7-4-10-26-16/h1-7,10,17H,8-9,11-14H2,(H,21,24)/t17-,20-/m0/s1. The van der Waals surface area contributed by atoms with Gasteiger partial charge in [0.25, 0.3) is 5.91 Å². The predicted molar refractivity (Wildman–Crippen MR) is 99.8 cm³/mol. The molecule has 6 heteroatoms. The Kier molecular flexibility index (Phi) is 4.68. The highest BCUT2D eigenvalue weighted by molar-refractivity contribution is 7.09. The molecule has 5 nitrogen and oxygen atoms in total. The first-order chi connectivity index (χ1) is 12.7. The number of likely N-dealkylation sites (tertiary alicyclic amines) is 1. The fourth-order valence-corrected chi connectivity index (χ4v) is 4.39. The Morgan fingerprint density at radius 1 is 1.23 bits per heavy atom. The van der Waals surface area contributed by atoms with Crippen LogP contribution < -0.4 is 10.1 Å². The van der Waals surface area contributed by atoms with E-state index in [2.05, 4.69) is 5.32 Å². The zero-order valence-electron chi connectivity index (χ0n) is 14.5. The molecule has 1 aliphatic carbocycles. The van der Waals surface area contributed by atoms with Gasteiger partial charge in [-0.3, -0.25) is 9.59 Å². The third-order valence-electron chi connectivity index (χ3n) is 5.37. The lowest BCUT2D eigenvalue weighted by atomic mass is 10.0. The molecule has 2 amide bonds. The lowest BCUT2D eigenvalue weighted by Gasteiger charge is -2.17. The van der Waals surface area contributed by atoms with Crippen LogP contribution in [0, 0.1) is 11.3 Å². The van der Waals surface area contributed by atoms with Crippen molar-refractivity contribution in [3.05, 3.63) is 52.7 Å². The highest BCUT2D eigenvalue weighted by Gasteiger charge is 2.61. The number of ether oxygens (including phenoxy) is 1. The number of rotatable bonds is 6. The zero-order valence-corrected chi connectivity index (χ0v) is 15.3. The molecule has 136 valence electrons. The van der Waals surface area contributed by atoms with Crippen LogP contribution in [-0.2, 0) is 16.1 Å². The summed E-state index contributed by atoms with van der Waals surface area (Å²) in [6.07, 6.45) is 1.79. The molecule has 0 radical (unpaired) electrons. The summed E-state index contributed by atoms with van der Waals surface area (Å²) in [4.78, 5) is 27.8. The summed E-state index contributed by atoms with van der Waals surface area (Å²) in [6.45, 7) is 2.03. The summed E-state index contributed by atoms with van der Waals surface area (Å²) < 4.78 is 5.55. The fourth-order valence-electron chi connectivity index (χ4n) is 3.74. The molecule has 2 heterocycles. The number of hydrogen-bond donors (Lipinski definition) is 1. The van der Waals surface area contributed by atoms with Gasteiger partial charge in [0.2, 0.25) is 5.91 Å². The maximum Gasteiger partial charge on any atom is 0.260 e. The van der Waals surface area contributed by atoms with Crippen LogP contribution in [0.3, 0.4) is 0 Å². The van der Waals surface area contributed by atoms with Gasteiger partial charge in [-0.25, -0.2) is 0 Å². The molecule has 0 unspecified atom stereocenters. The van der Waals surface area contributed by atoms with Crippen molar-refractivity contribution >= 4 is 23.2 Å². The lowest BCUT2D eigenvalue weighted by Crippen LogP contribution is -2.34. The monoisotopic (exact) mass is 370 g/mol. The van der Waals surface area contributed by atoms with Crippen molar-refractivity contribution < 1.29 is 14.3 Å². The minimum Gasteiger partial charge on any atom is -0.484 e. The molecule has 4 rings (SSSR count). The van der Waals surface area contributed by atoms with E-state index in [0.717, 1.165) is 17.7 Å². The van der Waals surface area contributed by atoms with Crippen molar-refractivity contribution in [3.63, 3.8) is 0 Å². The molecule has 1 saturated heterocycles. The molecule has 2 fully saturated rings. The molecule has 1 aromatic carbocycles. The molecule has 1 aromatic heterocycles. The average Bonchev–Trinajstić information content (AvgIpc) is 3.02. The van der Waals surface area contributed by atoms with E-state index in [9.17, 15) is 9.59 Å². The Balaban J connectivity index is 1.24. The van der Waals surface area contributed by atoms with E-state index in [1.807, 2.05) is 52.7 Å². The zero-order chi connectivity index (χ0) is 18.0. The van der Waals surface area contributed by atoms with Gasteiger partial charge in [-0.05, 0) is 36.4 Å². The van der Waals surface area contributed by atoms with E-state index in [0.29, 0.717) is 25.4 Å². The van der Waals surface area contributed by atoms with Crippen LogP contribution >= 0.6 is 11.3 Å². The number of hydrogen-bond acceptors (Lipinski definition) is 4. The van der Waals surface area contributed by atoms with Crippen LogP contribution in [0.2, 0.25) is 0 Å². The van der Waals surface area contributed by atoms with Gasteiger partial charge in [-0.1, -0.05) is 24.3 Å². The van der Waals surface area contributed by atoms with Gasteiger partial charge >= 0.3 is 0 Å². The Morgan fingerprint density at radius 3 is 2.85 bits per heavy atom. The number of nitrogens with zero attached hydrogens (tertiary/aromatic N) is 1. The molecule has 2 aromatic rings. The molecule has 2 aliphatic rings. The van der Waals surface area contributed by atoms with Crippen LogP contribution in [0.4, 0.5) is 0 Å². The second-order valence-electron chi connectivity index (χ2n) is 7.08. The summed E-state index contributed by atoms with van der Waals surface area (Å²) in [5, 5.41) is 5.04. The van der Waals surface area contributed by atoms with Crippen LogP contribution in [-0.4, -0.2) is 36.4 Å². The first-order valence-electron chi connectivity index (χ1n) is 8.92. The number of thiophene rings is 1. The second kappa shape index (κ2) is 7.11. The predicted octanol–water partition coefficient (Wildman–Crippen LogP) is 2.68. The summed E-state index contributed by atoms with van der Waals surface area (Å²) in [5.41, 5.74) is -0.0120. The molecule has 1 saturated carbocycles. The summed E-state index contributed by atoms with van der Waals surface area (Å²) in [5.74, 6) is 0.853. The van der Waals surface area contributed by atoms with Crippen LogP contribution in [0.1, 0.15) is 17.7 Å². The fraction of sp³-hybridized carbons (Fsp3) is 0.400. The first-order valence-corrected chi connectivity index (χ1v) is 9.80. The molecular weight excluding hydrogens is 348 g/mol. The third kappa shape index (κ3) is 3.60. The molecular formula is C20H22N2O3S. The van der Waals surface area contributed by atoms with Crippen LogP contribution in [0.5, 0.6) is 5.75 Å². The first kappa shape index (κ1) is 17.1. The van der Waals surface area contributed by atoms with Gasteiger partial charge in [-0.2, -0.15) is 0 Å². The van der Waals surface area contributed by atoms with Gasteiger partial charge in [0.1, 0.15) is 5.75 Å². The van der Waals surface area contributed by atoms with Crippen LogP contribution in [0.15, 0.2) is 47.8 Å². The summed E-state index contributed by atoms with van der Waals surface area (Å²) >= 11 is 1.65. The van der Waals surface area contributed by atoms with Crippen molar-refractivity contribution in [3.8, 4) is 5.75 Å². The maximum atomic E-state index is 12.4. The molecule has 2 atom stereocenters. The van der Waals surface area contributed by atoms with Crippen molar-refractivity contribution in [2.24, 2.45) is 11.3 Å². The molecule has 26 heavy (non-hydrogen) atoms. The molecule has 1 aliphatic heterocycles. The smallest absolute Gasteiger partial charge is 0.260 e. The number of benzene rings is 1. The highest BCUT2D eigenvalue weighted by Crippen LogP contribution is 2.58. The Hall–Kier alpha value is -2.34. The third-order valence-corrected chi connectivity index (χ3v) is 6.24. The van der Waals surface area contributed by atoms with E-state index in [-0.39, 0.29) is 29.8 Å². The SMILES string of the molecule is O=C(NCc1cccs1)[C@@H]1C[C@]12CCN(C(=O)COc1ccccc1)C2. The average molecular weight is 370 g/mol. The largest absolute Gasteiger partial charge is 0.484 e. The second-order valence-corrected chi connectivity index (χ2v) is 8.12. The minimum atomic E-state index is -0.0120. The normalized spacial score (nSPS) is 23.8. The minimum absolute atomic E-state index is 0.00429. The number of para-hydroxylation sites is 1. The van der Waals surface area contributed by atoms with E-state index in [1.165, 1.54) is 0 Å². The van der Waals surface area contributed by atoms with Gasteiger partial charge in [0, 0.05) is 29.3 Å². The summed E-state index contributed by atoms with van der Waals surface area (Å²) in [6, 6.07) is 13.4. The van der Waals surface area contributed by atoms with Crippen molar-refractivity contribution in [2.45, 2.75) is 19.4 Å². The van der Waals surface area contributed by atoms with Crippen molar-refractivity contribution in [2.75, 3.05) is 19.7 Å². The number of carbonyl (C=O) groups is 2. The van der Waals surface area contributed by atoms with E-state index < -0.39 is 0 Å². The van der Waals surface area contributed by atoms with Gasteiger partial charge in [0.15, 0.2) is 6.61 Å². The van der Waals surface area contributed by atoms with Gasteiger partial charge in [-0.15, -0.1) is 11.3 Å². The Labute approximate surface area is 157 Å². The number of nitrogens with one attached hydrogen (secondary N) is 1. The van der Waals surface area contributed by atoms with Gasteiger partial charge < -0.3 is 15.0 Å². The number of amides is 2. The van der Waals surface area contributed by atoms with Crippen molar-refractivity contribution in [1.29, 1.82) is 0 Å². The van der Waals surface area contributed by atoms with E-state index in [4.69, 9.17) is 4.74 Å². The Bertz CT molecular complexity index is 778. The van der Waals surface area contributed by atoms with Crippen LogP contribution in [0.25, 0.3) is 0 Å². The quantitative estimate of drug-likeness (QED) is 0.851. The topological polar surface area (TPSA) is 58.6 Å².